The fourth-order valence-electron chi connectivity index (χ4n) is 4.05. The lowest BCUT2D eigenvalue weighted by Crippen LogP contribution is -2.35. The van der Waals surface area contributed by atoms with E-state index in [2.05, 4.69) is 34.5 Å². The highest BCUT2D eigenvalue weighted by atomic mass is 16.3. The number of fused-ring (bicyclic) bond motifs is 2. The molecule has 5 nitrogen and oxygen atoms in total. The van der Waals surface area contributed by atoms with Gasteiger partial charge in [0.25, 0.3) is 5.91 Å². The van der Waals surface area contributed by atoms with Crippen LogP contribution in [0.25, 0.3) is 22.0 Å². The van der Waals surface area contributed by atoms with E-state index in [1.54, 1.807) is 18.2 Å². The van der Waals surface area contributed by atoms with Crippen LogP contribution in [0.4, 0.5) is 0 Å². The standard InChI is InChI=1S/C24H21N3O2/c1-15-9-10-17(13-22(15)28)24(29)27-12-11-21-20(14-27)23(26-25-21)19-8-4-6-16-5-2-3-7-18(16)19/h2-10,13,28H,11-12,14H2,1H3,(H,25,26). The van der Waals surface area contributed by atoms with Crippen molar-refractivity contribution in [1.29, 1.82) is 0 Å². The van der Waals surface area contributed by atoms with Gasteiger partial charge in [0.1, 0.15) is 5.75 Å². The number of nitrogens with one attached hydrogen (secondary N) is 1. The molecule has 1 aliphatic heterocycles. The molecular weight excluding hydrogens is 362 g/mol. The third kappa shape index (κ3) is 2.95. The third-order valence-electron chi connectivity index (χ3n) is 5.72. The van der Waals surface area contributed by atoms with Crippen molar-refractivity contribution in [3.63, 3.8) is 0 Å². The number of carbonyl (C=O) groups excluding carboxylic acids is 1. The molecule has 4 aromatic rings. The van der Waals surface area contributed by atoms with E-state index in [0.29, 0.717) is 18.7 Å². The third-order valence-corrected chi connectivity index (χ3v) is 5.72. The first kappa shape index (κ1) is 17.5. The number of H-pyrrole nitrogens is 1. The number of aromatic amines is 1. The molecule has 0 fully saturated rings. The lowest BCUT2D eigenvalue weighted by Gasteiger charge is -2.27. The number of phenolic OH excluding ortho intramolecular Hbond substituents is 1. The lowest BCUT2D eigenvalue weighted by molar-refractivity contribution is 0.0734. The van der Waals surface area contributed by atoms with Gasteiger partial charge >= 0.3 is 0 Å². The molecule has 1 aromatic heterocycles. The van der Waals surface area contributed by atoms with Crippen molar-refractivity contribution in [2.24, 2.45) is 0 Å². The van der Waals surface area contributed by atoms with Gasteiger partial charge in [0.2, 0.25) is 0 Å². The van der Waals surface area contributed by atoms with Gasteiger partial charge in [0.15, 0.2) is 0 Å². The quantitative estimate of drug-likeness (QED) is 0.538. The van der Waals surface area contributed by atoms with Crippen LogP contribution in [0, 0.1) is 6.92 Å². The smallest absolute Gasteiger partial charge is 0.254 e. The highest BCUT2D eigenvalue weighted by molar-refractivity contribution is 5.97. The second-order valence-corrected chi connectivity index (χ2v) is 7.53. The Labute approximate surface area is 168 Å². The summed E-state index contributed by atoms with van der Waals surface area (Å²) in [5, 5.41) is 20.1. The molecule has 0 saturated carbocycles. The number of amides is 1. The number of benzene rings is 3. The van der Waals surface area contributed by atoms with E-state index < -0.39 is 0 Å². The number of rotatable bonds is 2. The van der Waals surface area contributed by atoms with Gasteiger partial charge in [0, 0.05) is 41.9 Å². The molecule has 29 heavy (non-hydrogen) atoms. The monoisotopic (exact) mass is 383 g/mol. The van der Waals surface area contributed by atoms with Gasteiger partial charge < -0.3 is 10.0 Å². The molecule has 0 unspecified atom stereocenters. The molecule has 0 spiro atoms. The van der Waals surface area contributed by atoms with Crippen LogP contribution >= 0.6 is 0 Å². The average Bonchev–Trinajstić information content (AvgIpc) is 3.18. The average molecular weight is 383 g/mol. The summed E-state index contributed by atoms with van der Waals surface area (Å²) in [6.07, 6.45) is 0.733. The minimum Gasteiger partial charge on any atom is -0.508 e. The number of carbonyl (C=O) groups is 1. The van der Waals surface area contributed by atoms with E-state index in [9.17, 15) is 9.90 Å². The normalized spacial score (nSPS) is 13.5. The van der Waals surface area contributed by atoms with Crippen molar-refractivity contribution in [1.82, 2.24) is 15.1 Å². The van der Waals surface area contributed by atoms with Crippen LogP contribution in [0.1, 0.15) is 27.2 Å². The predicted octanol–water partition coefficient (Wildman–Crippen LogP) is 4.44. The minimum absolute atomic E-state index is 0.0731. The zero-order valence-electron chi connectivity index (χ0n) is 16.1. The summed E-state index contributed by atoms with van der Waals surface area (Å²) in [4.78, 5) is 14.9. The van der Waals surface area contributed by atoms with Crippen molar-refractivity contribution in [3.8, 4) is 17.0 Å². The SMILES string of the molecule is Cc1ccc(C(=O)N2CCc3[nH]nc(-c4cccc5ccccc45)c3C2)cc1O. The number of hydrogen-bond donors (Lipinski definition) is 2. The Morgan fingerprint density at radius 1 is 1.10 bits per heavy atom. The number of aromatic nitrogens is 2. The fraction of sp³-hybridized carbons (Fsp3) is 0.167. The van der Waals surface area contributed by atoms with Crippen LogP contribution < -0.4 is 0 Å². The van der Waals surface area contributed by atoms with Crippen LogP contribution in [0.3, 0.4) is 0 Å². The molecular formula is C24H21N3O2. The van der Waals surface area contributed by atoms with Crippen LogP contribution in [0.5, 0.6) is 5.75 Å². The maximum atomic E-state index is 13.0. The Morgan fingerprint density at radius 2 is 1.93 bits per heavy atom. The van der Waals surface area contributed by atoms with Crippen LogP contribution in [0.15, 0.2) is 60.7 Å². The van der Waals surface area contributed by atoms with E-state index in [4.69, 9.17) is 0 Å². The first-order valence-corrected chi connectivity index (χ1v) is 9.75. The molecule has 5 rings (SSSR count). The van der Waals surface area contributed by atoms with Gasteiger partial charge in [-0.3, -0.25) is 9.89 Å². The summed E-state index contributed by atoms with van der Waals surface area (Å²) in [7, 11) is 0. The molecule has 2 N–H and O–H groups in total. The molecule has 5 heteroatoms. The number of hydrogen-bond acceptors (Lipinski definition) is 3. The van der Waals surface area contributed by atoms with E-state index in [1.165, 1.54) is 5.39 Å². The maximum Gasteiger partial charge on any atom is 0.254 e. The molecule has 0 atom stereocenters. The summed E-state index contributed by atoms with van der Waals surface area (Å²) < 4.78 is 0. The zero-order valence-corrected chi connectivity index (χ0v) is 16.1. The molecule has 3 aromatic carbocycles. The van der Waals surface area contributed by atoms with Gasteiger partial charge in [-0.2, -0.15) is 5.10 Å². The van der Waals surface area contributed by atoms with Gasteiger partial charge in [0.05, 0.1) is 5.69 Å². The summed E-state index contributed by atoms with van der Waals surface area (Å²) in [6, 6.07) is 19.6. The summed E-state index contributed by atoms with van der Waals surface area (Å²) in [5.74, 6) is 0.0734. The zero-order chi connectivity index (χ0) is 20.0. The Hall–Kier alpha value is -3.60. The number of aromatic hydroxyl groups is 1. The predicted molar refractivity (Wildman–Crippen MR) is 113 cm³/mol. The van der Waals surface area contributed by atoms with E-state index in [-0.39, 0.29) is 11.7 Å². The van der Waals surface area contributed by atoms with Crippen molar-refractivity contribution >= 4 is 16.7 Å². The molecule has 0 radical (unpaired) electrons. The Balaban J connectivity index is 1.52. The summed E-state index contributed by atoms with van der Waals surface area (Å²) in [5.41, 5.74) is 5.40. The Morgan fingerprint density at radius 3 is 2.79 bits per heavy atom. The van der Waals surface area contributed by atoms with Crippen LogP contribution in [-0.2, 0) is 13.0 Å². The van der Waals surface area contributed by atoms with Crippen molar-refractivity contribution in [3.05, 3.63) is 83.0 Å². The van der Waals surface area contributed by atoms with Crippen LogP contribution in [-0.4, -0.2) is 32.7 Å². The molecule has 1 amide bonds. The van der Waals surface area contributed by atoms with Gasteiger partial charge in [-0.25, -0.2) is 0 Å². The molecule has 1 aliphatic rings. The summed E-state index contributed by atoms with van der Waals surface area (Å²) in [6.45, 7) is 2.94. The number of nitrogens with zero attached hydrogens (tertiary/aromatic N) is 2. The van der Waals surface area contributed by atoms with E-state index in [1.807, 2.05) is 30.0 Å². The molecule has 0 aliphatic carbocycles. The second-order valence-electron chi connectivity index (χ2n) is 7.53. The van der Waals surface area contributed by atoms with E-state index in [0.717, 1.165) is 39.9 Å². The Kier molecular flexibility index (Phi) is 4.09. The van der Waals surface area contributed by atoms with E-state index >= 15 is 0 Å². The topological polar surface area (TPSA) is 69.2 Å². The van der Waals surface area contributed by atoms with Gasteiger partial charge in [-0.1, -0.05) is 48.5 Å². The van der Waals surface area contributed by atoms with Crippen molar-refractivity contribution in [2.75, 3.05) is 6.54 Å². The highest BCUT2D eigenvalue weighted by Crippen LogP contribution is 2.33. The Bertz CT molecular complexity index is 1240. The lowest BCUT2D eigenvalue weighted by atomic mass is 9.96. The maximum absolute atomic E-state index is 13.0. The molecule has 2 heterocycles. The second kappa shape index (κ2) is 6.78. The van der Waals surface area contributed by atoms with Crippen LogP contribution in [0.2, 0.25) is 0 Å². The molecule has 144 valence electrons. The van der Waals surface area contributed by atoms with Gasteiger partial charge in [-0.05, 0) is 35.4 Å². The molecule has 0 bridgehead atoms. The first-order chi connectivity index (χ1) is 14.1. The minimum atomic E-state index is -0.0731. The first-order valence-electron chi connectivity index (χ1n) is 9.75. The van der Waals surface area contributed by atoms with Crippen molar-refractivity contribution in [2.45, 2.75) is 19.9 Å². The summed E-state index contributed by atoms with van der Waals surface area (Å²) >= 11 is 0. The molecule has 0 saturated heterocycles. The van der Waals surface area contributed by atoms with Crippen molar-refractivity contribution < 1.29 is 9.90 Å². The highest BCUT2D eigenvalue weighted by Gasteiger charge is 2.27. The number of aryl methyl sites for hydroxylation is 1. The number of phenols is 1. The fourth-order valence-corrected chi connectivity index (χ4v) is 4.05. The van der Waals surface area contributed by atoms with Gasteiger partial charge in [-0.15, -0.1) is 0 Å². The largest absolute Gasteiger partial charge is 0.508 e.